The Morgan fingerprint density at radius 2 is 2.22 bits per heavy atom. The number of hydrogen-bond acceptors (Lipinski definition) is 1. The molecule has 0 unspecified atom stereocenters. The first kappa shape index (κ1) is 16.3. The van der Waals surface area contributed by atoms with Gasteiger partial charge in [-0.25, -0.2) is 0 Å². The number of nitrogens with one attached hydrogen (secondary N) is 1. The van der Waals surface area contributed by atoms with E-state index in [1.54, 1.807) is 6.08 Å². The Hall–Kier alpha value is -1.67. The number of unbranched alkanes of at least 4 members (excludes halogenated alkanes) is 3. The third kappa shape index (κ3) is 10.8. The van der Waals surface area contributed by atoms with Crippen LogP contribution in [0.3, 0.4) is 0 Å². The van der Waals surface area contributed by atoms with E-state index in [1.807, 2.05) is 6.08 Å². The van der Waals surface area contributed by atoms with Crippen LogP contribution in [0.2, 0.25) is 0 Å². The Kier molecular flexibility index (Phi) is 10.7. The summed E-state index contributed by atoms with van der Waals surface area (Å²) in [6.07, 6.45) is 13.4. The van der Waals surface area contributed by atoms with Gasteiger partial charge in [0, 0.05) is 13.0 Å². The fraction of sp³-hybridized carbons (Fsp3) is 0.562. The number of carbonyl (C=O) groups excluding carboxylic acids is 1. The maximum Gasteiger partial charge on any atom is 0.243 e. The lowest BCUT2D eigenvalue weighted by Crippen LogP contribution is -2.26. The summed E-state index contributed by atoms with van der Waals surface area (Å²) in [5, 5.41) is 2.88. The van der Waals surface area contributed by atoms with Gasteiger partial charge >= 0.3 is 0 Å². The van der Waals surface area contributed by atoms with E-state index in [1.165, 1.54) is 0 Å². The van der Waals surface area contributed by atoms with Crippen LogP contribution < -0.4 is 5.32 Å². The predicted molar refractivity (Wildman–Crippen MR) is 76.7 cm³/mol. The van der Waals surface area contributed by atoms with Crippen molar-refractivity contribution in [1.82, 2.24) is 5.32 Å². The topological polar surface area (TPSA) is 29.1 Å². The van der Waals surface area contributed by atoms with E-state index in [2.05, 4.69) is 36.9 Å². The van der Waals surface area contributed by atoms with Gasteiger partial charge in [-0.1, -0.05) is 32.3 Å². The molecule has 0 heterocycles. The molecule has 98 valence electrons. The molecule has 0 saturated carbocycles. The lowest BCUT2D eigenvalue weighted by atomic mass is 10.1. The molecule has 2 heteroatoms. The van der Waals surface area contributed by atoms with Gasteiger partial charge in [0.1, 0.15) is 0 Å². The molecule has 1 amide bonds. The molecule has 0 saturated heterocycles. The van der Waals surface area contributed by atoms with Crippen molar-refractivity contribution in [3.05, 3.63) is 12.2 Å². The van der Waals surface area contributed by atoms with Gasteiger partial charge in [-0.2, -0.15) is 0 Å². The van der Waals surface area contributed by atoms with E-state index in [9.17, 15) is 4.79 Å². The van der Waals surface area contributed by atoms with Crippen LogP contribution in [0.15, 0.2) is 12.2 Å². The first-order valence-electron chi connectivity index (χ1n) is 6.58. The maximum absolute atomic E-state index is 11.4. The van der Waals surface area contributed by atoms with E-state index < -0.39 is 0 Å². The second-order valence-electron chi connectivity index (χ2n) is 4.35. The zero-order valence-electron chi connectivity index (χ0n) is 11.5. The number of terminal acetylenes is 1. The van der Waals surface area contributed by atoms with E-state index in [0.717, 1.165) is 38.6 Å². The average Bonchev–Trinajstić information content (AvgIpc) is 2.39. The second-order valence-corrected chi connectivity index (χ2v) is 4.35. The Bertz CT molecular complexity index is 352. The van der Waals surface area contributed by atoms with Gasteiger partial charge in [-0.15, -0.1) is 6.42 Å². The molecule has 0 aromatic carbocycles. The average molecular weight is 245 g/mol. The van der Waals surface area contributed by atoms with Gasteiger partial charge in [-0.3, -0.25) is 4.79 Å². The third-order valence-corrected chi connectivity index (χ3v) is 2.67. The molecule has 0 aromatic rings. The van der Waals surface area contributed by atoms with E-state index in [4.69, 9.17) is 6.42 Å². The standard InChI is InChI=1S/C16H23NO/c1-4-6-7-8-9-10-11-12-13-16(18)17-14-15(3)5-2/h1,12-13,15H,5,8-11,14H2,2-3H3,(H,17,18)/t15-/m1/s1. The first-order chi connectivity index (χ1) is 8.70. The summed E-state index contributed by atoms with van der Waals surface area (Å²) in [6, 6.07) is 0. The minimum atomic E-state index is 0.00224. The van der Waals surface area contributed by atoms with Crippen molar-refractivity contribution in [1.29, 1.82) is 0 Å². The lowest BCUT2D eigenvalue weighted by molar-refractivity contribution is -0.116. The molecule has 0 bridgehead atoms. The van der Waals surface area contributed by atoms with E-state index in [0.29, 0.717) is 5.92 Å². The SMILES string of the molecule is C#CC#CCCCCC=CC(=O)NC[C@H](C)CC. The largest absolute Gasteiger partial charge is 0.352 e. The van der Waals surface area contributed by atoms with Gasteiger partial charge < -0.3 is 5.32 Å². The Morgan fingerprint density at radius 3 is 2.89 bits per heavy atom. The zero-order chi connectivity index (χ0) is 13.6. The van der Waals surface area contributed by atoms with Crippen LogP contribution in [0.25, 0.3) is 0 Å². The normalized spacial score (nSPS) is 11.4. The molecule has 1 N–H and O–H groups in total. The van der Waals surface area contributed by atoms with Gasteiger partial charge in [0.05, 0.1) is 0 Å². The summed E-state index contributed by atoms with van der Waals surface area (Å²) in [5.74, 6) is 8.30. The van der Waals surface area contributed by atoms with Gasteiger partial charge in [0.2, 0.25) is 5.91 Å². The number of allylic oxidation sites excluding steroid dienone is 1. The minimum absolute atomic E-state index is 0.00224. The molecule has 0 aliphatic carbocycles. The van der Waals surface area contributed by atoms with E-state index >= 15 is 0 Å². The van der Waals surface area contributed by atoms with Gasteiger partial charge in [-0.05, 0) is 43.1 Å². The van der Waals surface area contributed by atoms with Crippen molar-refractivity contribution in [2.75, 3.05) is 6.54 Å². The van der Waals surface area contributed by atoms with Crippen LogP contribution >= 0.6 is 0 Å². The van der Waals surface area contributed by atoms with Crippen molar-refractivity contribution in [2.24, 2.45) is 5.92 Å². The molecule has 0 radical (unpaired) electrons. The van der Waals surface area contributed by atoms with Crippen LogP contribution in [0.5, 0.6) is 0 Å². The Morgan fingerprint density at radius 1 is 1.44 bits per heavy atom. The summed E-state index contributed by atoms with van der Waals surface area (Å²) >= 11 is 0. The fourth-order valence-electron chi connectivity index (χ4n) is 1.26. The summed E-state index contributed by atoms with van der Waals surface area (Å²) in [5.41, 5.74) is 0. The van der Waals surface area contributed by atoms with Crippen LogP contribution in [-0.4, -0.2) is 12.5 Å². The summed E-state index contributed by atoms with van der Waals surface area (Å²) in [7, 11) is 0. The van der Waals surface area contributed by atoms with E-state index in [-0.39, 0.29) is 5.91 Å². The Labute approximate surface area is 111 Å². The predicted octanol–water partition coefficient (Wildman–Crippen LogP) is 2.90. The van der Waals surface area contributed by atoms with Crippen LogP contribution in [0, 0.1) is 30.1 Å². The Balaban J connectivity index is 3.52. The molecule has 0 rings (SSSR count). The molecular formula is C16H23NO. The number of rotatable bonds is 8. The molecule has 0 aliphatic rings. The highest BCUT2D eigenvalue weighted by molar-refractivity contribution is 5.87. The molecule has 0 aromatic heterocycles. The molecule has 0 spiro atoms. The smallest absolute Gasteiger partial charge is 0.243 e. The molecule has 0 aliphatic heterocycles. The molecule has 2 nitrogen and oxygen atoms in total. The van der Waals surface area contributed by atoms with Crippen molar-refractivity contribution in [2.45, 2.75) is 46.0 Å². The molecule has 1 atom stereocenters. The van der Waals surface area contributed by atoms with Gasteiger partial charge in [0.15, 0.2) is 0 Å². The highest BCUT2D eigenvalue weighted by Crippen LogP contribution is 2.00. The highest BCUT2D eigenvalue weighted by atomic mass is 16.1. The van der Waals surface area contributed by atoms with Crippen molar-refractivity contribution >= 4 is 5.91 Å². The quantitative estimate of drug-likeness (QED) is 0.397. The number of carbonyl (C=O) groups is 1. The summed E-state index contributed by atoms with van der Waals surface area (Å²) in [4.78, 5) is 11.4. The lowest BCUT2D eigenvalue weighted by Gasteiger charge is -2.07. The zero-order valence-corrected chi connectivity index (χ0v) is 11.5. The van der Waals surface area contributed by atoms with Crippen LogP contribution in [0.4, 0.5) is 0 Å². The second kappa shape index (κ2) is 11.8. The first-order valence-corrected chi connectivity index (χ1v) is 6.58. The van der Waals surface area contributed by atoms with Crippen molar-refractivity contribution in [3.63, 3.8) is 0 Å². The monoisotopic (exact) mass is 245 g/mol. The van der Waals surface area contributed by atoms with Crippen LogP contribution in [0.1, 0.15) is 46.0 Å². The van der Waals surface area contributed by atoms with Gasteiger partial charge in [0.25, 0.3) is 0 Å². The molecular weight excluding hydrogens is 222 g/mol. The maximum atomic E-state index is 11.4. The molecule has 18 heavy (non-hydrogen) atoms. The number of amides is 1. The van der Waals surface area contributed by atoms with Crippen LogP contribution in [-0.2, 0) is 4.79 Å². The summed E-state index contributed by atoms with van der Waals surface area (Å²) < 4.78 is 0. The summed E-state index contributed by atoms with van der Waals surface area (Å²) in [6.45, 7) is 5.00. The fourth-order valence-corrected chi connectivity index (χ4v) is 1.26. The highest BCUT2D eigenvalue weighted by Gasteiger charge is 1.99. The van der Waals surface area contributed by atoms with Crippen molar-refractivity contribution < 1.29 is 4.79 Å². The van der Waals surface area contributed by atoms with Crippen molar-refractivity contribution in [3.8, 4) is 24.2 Å². The minimum Gasteiger partial charge on any atom is -0.352 e. The molecule has 0 fully saturated rings. The number of hydrogen-bond donors (Lipinski definition) is 1. The third-order valence-electron chi connectivity index (χ3n) is 2.67.